The lowest BCUT2D eigenvalue weighted by molar-refractivity contribution is -0.125. The first-order valence-corrected chi connectivity index (χ1v) is 8.74. The van der Waals surface area contributed by atoms with Crippen LogP contribution in [-0.2, 0) is 9.59 Å². The Bertz CT molecular complexity index is 708. The number of pyridine rings is 1. The number of carbonyl (C=O) groups excluding carboxylic acids is 2. The van der Waals surface area contributed by atoms with Gasteiger partial charge in [-0.25, -0.2) is 9.67 Å². The van der Waals surface area contributed by atoms with Crippen LogP contribution in [0.15, 0.2) is 36.8 Å². The summed E-state index contributed by atoms with van der Waals surface area (Å²) in [5.74, 6) is 0.662. The molecular formula is C18H23N5O2. The van der Waals surface area contributed by atoms with E-state index in [9.17, 15) is 9.59 Å². The molecule has 1 aliphatic carbocycles. The second kappa shape index (κ2) is 8.41. The van der Waals surface area contributed by atoms with Gasteiger partial charge in [0.2, 0.25) is 11.8 Å². The molecule has 0 radical (unpaired) electrons. The smallest absolute Gasteiger partial charge is 0.243 e. The molecule has 7 heteroatoms. The van der Waals surface area contributed by atoms with Crippen LogP contribution in [0.25, 0.3) is 5.82 Å². The molecule has 2 amide bonds. The van der Waals surface area contributed by atoms with E-state index in [4.69, 9.17) is 0 Å². The van der Waals surface area contributed by atoms with Crippen LogP contribution in [0, 0.1) is 5.92 Å². The van der Waals surface area contributed by atoms with Crippen LogP contribution in [0.3, 0.4) is 0 Å². The fraction of sp³-hybridized carbons (Fsp3) is 0.444. The van der Waals surface area contributed by atoms with Gasteiger partial charge in [0.15, 0.2) is 5.82 Å². The van der Waals surface area contributed by atoms with Gasteiger partial charge in [-0.05, 0) is 37.0 Å². The van der Waals surface area contributed by atoms with E-state index < -0.39 is 0 Å². The molecular weight excluding hydrogens is 318 g/mol. The second-order valence-corrected chi connectivity index (χ2v) is 6.36. The Labute approximate surface area is 146 Å². The van der Waals surface area contributed by atoms with Crippen molar-refractivity contribution in [3.8, 4) is 5.82 Å². The van der Waals surface area contributed by atoms with Gasteiger partial charge in [-0.1, -0.05) is 19.3 Å². The fourth-order valence-electron chi connectivity index (χ4n) is 3.17. The number of nitrogens with zero attached hydrogens (tertiary/aromatic N) is 3. The molecule has 0 bridgehead atoms. The first-order valence-electron chi connectivity index (χ1n) is 8.74. The molecule has 3 rings (SSSR count). The molecule has 2 N–H and O–H groups in total. The zero-order valence-electron chi connectivity index (χ0n) is 14.1. The maximum atomic E-state index is 12.1. The van der Waals surface area contributed by atoms with E-state index in [1.807, 2.05) is 0 Å². The quantitative estimate of drug-likeness (QED) is 0.844. The van der Waals surface area contributed by atoms with E-state index in [2.05, 4.69) is 20.7 Å². The van der Waals surface area contributed by atoms with Gasteiger partial charge in [0.05, 0.1) is 12.2 Å². The molecule has 1 saturated carbocycles. The molecule has 0 aliphatic heterocycles. The Morgan fingerprint density at radius 3 is 2.72 bits per heavy atom. The monoisotopic (exact) mass is 341 g/mol. The second-order valence-electron chi connectivity index (χ2n) is 6.36. The Morgan fingerprint density at radius 1 is 1.12 bits per heavy atom. The highest BCUT2D eigenvalue weighted by Gasteiger charge is 2.17. The Hall–Kier alpha value is -2.70. The minimum Gasteiger partial charge on any atom is -0.347 e. The summed E-state index contributed by atoms with van der Waals surface area (Å²) < 4.78 is 1.58. The Kier molecular flexibility index (Phi) is 5.77. The van der Waals surface area contributed by atoms with E-state index in [1.54, 1.807) is 41.5 Å². The number of carbonyl (C=O) groups is 2. The minimum atomic E-state index is -0.279. The van der Waals surface area contributed by atoms with Crippen molar-refractivity contribution < 1.29 is 9.59 Å². The fourth-order valence-corrected chi connectivity index (χ4v) is 3.17. The van der Waals surface area contributed by atoms with Crippen molar-refractivity contribution in [3.63, 3.8) is 0 Å². The van der Waals surface area contributed by atoms with Crippen LogP contribution in [0.2, 0.25) is 0 Å². The summed E-state index contributed by atoms with van der Waals surface area (Å²) in [6.45, 7) is -0.0427. The number of aromatic nitrogens is 3. The molecule has 1 aliphatic rings. The summed E-state index contributed by atoms with van der Waals surface area (Å²) in [5, 5.41) is 9.62. The highest BCUT2D eigenvalue weighted by molar-refractivity contribution is 5.95. The third kappa shape index (κ3) is 4.89. The topological polar surface area (TPSA) is 88.9 Å². The maximum absolute atomic E-state index is 12.1. The van der Waals surface area contributed by atoms with Crippen molar-refractivity contribution in [3.05, 3.63) is 36.8 Å². The highest BCUT2D eigenvalue weighted by atomic mass is 16.2. The molecule has 0 aromatic carbocycles. The van der Waals surface area contributed by atoms with E-state index in [0.717, 1.165) is 12.8 Å². The SMILES string of the molecule is O=C(CC1CCCCC1)NCC(=O)Nc1cccnc1-n1cccn1. The van der Waals surface area contributed by atoms with Crippen LogP contribution >= 0.6 is 0 Å². The predicted molar refractivity (Wildman–Crippen MR) is 94.2 cm³/mol. The first-order chi connectivity index (χ1) is 12.2. The summed E-state index contributed by atoms with van der Waals surface area (Å²) in [4.78, 5) is 28.4. The molecule has 2 aromatic heterocycles. The van der Waals surface area contributed by atoms with Crippen molar-refractivity contribution in [1.29, 1.82) is 0 Å². The molecule has 0 unspecified atom stereocenters. The van der Waals surface area contributed by atoms with Gasteiger partial charge in [-0.3, -0.25) is 9.59 Å². The first kappa shape index (κ1) is 17.1. The van der Waals surface area contributed by atoms with Gasteiger partial charge in [-0.15, -0.1) is 0 Å². The molecule has 0 spiro atoms. The van der Waals surface area contributed by atoms with Gasteiger partial charge in [-0.2, -0.15) is 5.10 Å². The third-order valence-electron chi connectivity index (χ3n) is 4.43. The lowest BCUT2D eigenvalue weighted by Crippen LogP contribution is -2.34. The van der Waals surface area contributed by atoms with E-state index in [0.29, 0.717) is 23.8 Å². The van der Waals surface area contributed by atoms with Gasteiger partial charge in [0.25, 0.3) is 0 Å². The predicted octanol–water partition coefficient (Wildman–Crippen LogP) is 2.29. The molecule has 25 heavy (non-hydrogen) atoms. The summed E-state index contributed by atoms with van der Waals surface area (Å²) in [6, 6.07) is 5.28. The average molecular weight is 341 g/mol. The van der Waals surface area contributed by atoms with Crippen LogP contribution in [-0.4, -0.2) is 33.1 Å². The third-order valence-corrected chi connectivity index (χ3v) is 4.43. The number of nitrogens with one attached hydrogen (secondary N) is 2. The van der Waals surface area contributed by atoms with Gasteiger partial charge in [0.1, 0.15) is 0 Å². The normalized spacial score (nSPS) is 14.9. The van der Waals surface area contributed by atoms with E-state index >= 15 is 0 Å². The Morgan fingerprint density at radius 2 is 1.96 bits per heavy atom. The summed E-state index contributed by atoms with van der Waals surface area (Å²) in [5.41, 5.74) is 0.553. The van der Waals surface area contributed by atoms with Gasteiger partial charge < -0.3 is 10.6 Å². The van der Waals surface area contributed by atoms with Crippen LogP contribution in [0.5, 0.6) is 0 Å². The van der Waals surface area contributed by atoms with E-state index in [-0.39, 0.29) is 18.4 Å². The summed E-state index contributed by atoms with van der Waals surface area (Å²) >= 11 is 0. The van der Waals surface area contributed by atoms with Crippen molar-refractivity contribution >= 4 is 17.5 Å². The van der Waals surface area contributed by atoms with E-state index in [1.165, 1.54) is 19.3 Å². The van der Waals surface area contributed by atoms with Crippen molar-refractivity contribution in [2.24, 2.45) is 5.92 Å². The standard InChI is InChI=1S/C18H23N5O2/c24-16(12-14-6-2-1-3-7-14)20-13-17(25)22-15-8-4-9-19-18(15)23-11-5-10-21-23/h4-5,8-11,14H,1-3,6-7,12-13H2,(H,20,24)(H,22,25). The number of hydrogen-bond donors (Lipinski definition) is 2. The lowest BCUT2D eigenvalue weighted by atomic mass is 9.87. The average Bonchev–Trinajstić information content (AvgIpc) is 3.16. The molecule has 132 valence electrons. The van der Waals surface area contributed by atoms with Crippen molar-refractivity contribution in [1.82, 2.24) is 20.1 Å². The molecule has 0 saturated heterocycles. The zero-order chi connectivity index (χ0) is 17.5. The van der Waals surface area contributed by atoms with Crippen molar-refractivity contribution in [2.45, 2.75) is 38.5 Å². The Balaban J connectivity index is 1.50. The molecule has 7 nitrogen and oxygen atoms in total. The van der Waals surface area contributed by atoms with Crippen molar-refractivity contribution in [2.75, 3.05) is 11.9 Å². The minimum absolute atomic E-state index is 0.0427. The molecule has 2 aromatic rings. The van der Waals surface area contributed by atoms with Crippen LogP contribution < -0.4 is 10.6 Å². The zero-order valence-corrected chi connectivity index (χ0v) is 14.1. The largest absolute Gasteiger partial charge is 0.347 e. The number of amides is 2. The number of hydrogen-bond acceptors (Lipinski definition) is 4. The molecule has 0 atom stereocenters. The van der Waals surface area contributed by atoms with Crippen LogP contribution in [0.1, 0.15) is 38.5 Å². The van der Waals surface area contributed by atoms with Gasteiger partial charge in [0, 0.05) is 25.0 Å². The number of anilines is 1. The van der Waals surface area contributed by atoms with Gasteiger partial charge >= 0.3 is 0 Å². The number of rotatable bonds is 6. The maximum Gasteiger partial charge on any atom is 0.243 e. The molecule has 1 fully saturated rings. The summed E-state index contributed by atoms with van der Waals surface area (Å²) in [6.07, 6.45) is 11.5. The summed E-state index contributed by atoms with van der Waals surface area (Å²) in [7, 11) is 0. The lowest BCUT2D eigenvalue weighted by Gasteiger charge is -2.20. The highest BCUT2D eigenvalue weighted by Crippen LogP contribution is 2.26. The van der Waals surface area contributed by atoms with Crippen LogP contribution in [0.4, 0.5) is 5.69 Å². The molecule has 2 heterocycles.